The Balaban J connectivity index is 2.08. The minimum absolute atomic E-state index is 0.693. The van der Waals surface area contributed by atoms with Crippen LogP contribution < -0.4 is 0 Å². The van der Waals surface area contributed by atoms with Crippen LogP contribution in [0.1, 0.15) is 21.6 Å². The van der Waals surface area contributed by atoms with Crippen LogP contribution in [0.5, 0.6) is 0 Å². The Kier molecular flexibility index (Phi) is 3.44. The zero-order valence-corrected chi connectivity index (χ0v) is 8.97. The molecule has 1 aromatic carbocycles. The second-order valence-corrected chi connectivity index (χ2v) is 3.64. The summed E-state index contributed by atoms with van der Waals surface area (Å²) in [6.45, 7) is 0. The second-order valence-electron chi connectivity index (χ2n) is 3.64. The van der Waals surface area contributed by atoms with Crippen LogP contribution in [0, 0.1) is 0 Å². The summed E-state index contributed by atoms with van der Waals surface area (Å²) >= 11 is 0. The van der Waals surface area contributed by atoms with Crippen molar-refractivity contribution in [2.75, 3.05) is 0 Å². The van der Waals surface area contributed by atoms with Crippen LogP contribution in [0.3, 0.4) is 0 Å². The van der Waals surface area contributed by atoms with Gasteiger partial charge in [-0.1, -0.05) is 30.3 Å². The molecule has 0 aliphatic rings. The maximum Gasteiger partial charge on any atom is 0.151 e. The van der Waals surface area contributed by atoms with E-state index in [-0.39, 0.29) is 0 Å². The summed E-state index contributed by atoms with van der Waals surface area (Å²) in [5.74, 6) is 0. The monoisotopic (exact) mass is 211 g/mol. The van der Waals surface area contributed by atoms with Gasteiger partial charge >= 0.3 is 0 Å². The van der Waals surface area contributed by atoms with E-state index in [9.17, 15) is 4.79 Å². The molecule has 0 atom stereocenters. The molecule has 0 bridgehead atoms. The Labute approximate surface area is 95.0 Å². The van der Waals surface area contributed by atoms with E-state index < -0.39 is 0 Å². The molecule has 0 radical (unpaired) electrons. The van der Waals surface area contributed by atoms with Crippen molar-refractivity contribution < 1.29 is 4.79 Å². The Bertz CT molecular complexity index is 465. The lowest BCUT2D eigenvalue weighted by Gasteiger charge is -2.03. The fraction of sp³-hybridized carbons (Fsp3) is 0.143. The topological polar surface area (TPSA) is 30.0 Å². The van der Waals surface area contributed by atoms with E-state index in [0.29, 0.717) is 5.56 Å². The van der Waals surface area contributed by atoms with Crippen molar-refractivity contribution in [3.05, 3.63) is 65.5 Å². The predicted molar refractivity (Wildman–Crippen MR) is 63.5 cm³/mol. The lowest BCUT2D eigenvalue weighted by molar-refractivity contribution is 0.112. The molecular formula is C14H13NO. The minimum Gasteiger partial charge on any atom is -0.298 e. The maximum absolute atomic E-state index is 10.8. The molecule has 2 nitrogen and oxygen atoms in total. The average Bonchev–Trinajstić information content (AvgIpc) is 2.38. The molecule has 0 aliphatic carbocycles. The van der Waals surface area contributed by atoms with Gasteiger partial charge in [-0.3, -0.25) is 9.78 Å². The van der Waals surface area contributed by atoms with Crippen LogP contribution >= 0.6 is 0 Å². The molecule has 2 aromatic rings. The lowest BCUT2D eigenvalue weighted by Crippen LogP contribution is -1.98. The number of aldehydes is 1. The molecule has 0 fully saturated rings. The molecule has 80 valence electrons. The molecule has 0 aliphatic heterocycles. The summed E-state index contributed by atoms with van der Waals surface area (Å²) in [5.41, 5.74) is 2.84. The lowest BCUT2D eigenvalue weighted by atomic mass is 10.1. The summed E-state index contributed by atoms with van der Waals surface area (Å²) in [6.07, 6.45) is 4.32. The Morgan fingerprint density at radius 2 is 1.81 bits per heavy atom. The zero-order chi connectivity index (χ0) is 11.2. The van der Waals surface area contributed by atoms with Crippen LogP contribution in [-0.2, 0) is 12.8 Å². The largest absolute Gasteiger partial charge is 0.298 e. The fourth-order valence-electron chi connectivity index (χ4n) is 1.67. The number of aryl methyl sites for hydroxylation is 2. The molecule has 0 saturated heterocycles. The van der Waals surface area contributed by atoms with Crippen molar-refractivity contribution in [3.63, 3.8) is 0 Å². The van der Waals surface area contributed by atoms with Crippen LogP contribution in [0.15, 0.2) is 48.7 Å². The Hall–Kier alpha value is -1.96. The molecule has 1 aromatic heterocycles. The molecule has 2 rings (SSSR count). The van der Waals surface area contributed by atoms with Gasteiger partial charge in [0.2, 0.25) is 0 Å². The SMILES string of the molecule is O=Cc1cccnc1CCc1ccccc1. The molecule has 2 heteroatoms. The third kappa shape index (κ3) is 2.54. The van der Waals surface area contributed by atoms with E-state index in [1.54, 1.807) is 18.3 Å². The van der Waals surface area contributed by atoms with Crippen molar-refractivity contribution in [2.45, 2.75) is 12.8 Å². The van der Waals surface area contributed by atoms with Crippen LogP contribution in [-0.4, -0.2) is 11.3 Å². The van der Waals surface area contributed by atoms with E-state index in [4.69, 9.17) is 0 Å². The highest BCUT2D eigenvalue weighted by Gasteiger charge is 2.02. The maximum atomic E-state index is 10.8. The summed E-state index contributed by atoms with van der Waals surface area (Å²) in [7, 11) is 0. The first-order valence-corrected chi connectivity index (χ1v) is 5.33. The first kappa shape index (κ1) is 10.6. The number of aromatic nitrogens is 1. The minimum atomic E-state index is 0.693. The summed E-state index contributed by atoms with van der Waals surface area (Å²) < 4.78 is 0. The van der Waals surface area contributed by atoms with Crippen molar-refractivity contribution in [3.8, 4) is 0 Å². The number of nitrogens with zero attached hydrogens (tertiary/aromatic N) is 1. The standard InChI is InChI=1S/C14H13NO/c16-11-13-7-4-10-15-14(13)9-8-12-5-2-1-3-6-12/h1-7,10-11H,8-9H2. The number of rotatable bonds is 4. The van der Waals surface area contributed by atoms with Gasteiger partial charge in [0.1, 0.15) is 0 Å². The molecule has 0 amide bonds. The van der Waals surface area contributed by atoms with Gasteiger partial charge in [0.15, 0.2) is 6.29 Å². The normalized spacial score (nSPS) is 10.0. The summed E-state index contributed by atoms with van der Waals surface area (Å²) in [4.78, 5) is 15.0. The average molecular weight is 211 g/mol. The molecule has 0 saturated carbocycles. The van der Waals surface area contributed by atoms with Gasteiger partial charge in [0.25, 0.3) is 0 Å². The van der Waals surface area contributed by atoms with E-state index in [0.717, 1.165) is 24.8 Å². The van der Waals surface area contributed by atoms with E-state index in [2.05, 4.69) is 17.1 Å². The van der Waals surface area contributed by atoms with Gasteiger partial charge in [-0.2, -0.15) is 0 Å². The highest BCUT2D eigenvalue weighted by molar-refractivity contribution is 5.76. The number of carbonyl (C=O) groups is 1. The first-order valence-electron chi connectivity index (χ1n) is 5.33. The molecule has 0 spiro atoms. The molecule has 0 N–H and O–H groups in total. The molecule has 1 heterocycles. The van der Waals surface area contributed by atoms with Crippen molar-refractivity contribution in [2.24, 2.45) is 0 Å². The van der Waals surface area contributed by atoms with Crippen LogP contribution in [0.2, 0.25) is 0 Å². The molecule has 16 heavy (non-hydrogen) atoms. The van der Waals surface area contributed by atoms with Crippen molar-refractivity contribution in [1.29, 1.82) is 0 Å². The first-order chi connectivity index (χ1) is 7.90. The number of hydrogen-bond acceptors (Lipinski definition) is 2. The molecular weight excluding hydrogens is 198 g/mol. The van der Waals surface area contributed by atoms with Gasteiger partial charge in [0.05, 0.1) is 5.69 Å². The highest BCUT2D eigenvalue weighted by atomic mass is 16.1. The van der Waals surface area contributed by atoms with E-state index in [1.807, 2.05) is 18.2 Å². The Morgan fingerprint density at radius 1 is 1.00 bits per heavy atom. The fourth-order valence-corrected chi connectivity index (χ4v) is 1.67. The van der Waals surface area contributed by atoms with Gasteiger partial charge in [-0.25, -0.2) is 0 Å². The highest BCUT2D eigenvalue weighted by Crippen LogP contribution is 2.08. The summed E-state index contributed by atoms with van der Waals surface area (Å²) in [5, 5.41) is 0. The van der Waals surface area contributed by atoms with Crippen LogP contribution in [0.25, 0.3) is 0 Å². The number of hydrogen-bond donors (Lipinski definition) is 0. The van der Waals surface area contributed by atoms with E-state index in [1.165, 1.54) is 5.56 Å². The Morgan fingerprint density at radius 3 is 2.56 bits per heavy atom. The predicted octanol–water partition coefficient (Wildman–Crippen LogP) is 2.68. The number of benzene rings is 1. The van der Waals surface area contributed by atoms with Crippen molar-refractivity contribution >= 4 is 6.29 Å². The smallest absolute Gasteiger partial charge is 0.151 e. The van der Waals surface area contributed by atoms with Crippen LogP contribution in [0.4, 0.5) is 0 Å². The number of carbonyl (C=O) groups excluding carboxylic acids is 1. The van der Waals surface area contributed by atoms with Gasteiger partial charge < -0.3 is 0 Å². The number of pyridine rings is 1. The van der Waals surface area contributed by atoms with Gasteiger partial charge in [0, 0.05) is 11.8 Å². The molecule has 0 unspecified atom stereocenters. The van der Waals surface area contributed by atoms with Gasteiger partial charge in [-0.05, 0) is 30.5 Å². The zero-order valence-electron chi connectivity index (χ0n) is 8.97. The second kappa shape index (κ2) is 5.21. The quantitative estimate of drug-likeness (QED) is 0.728. The third-order valence-electron chi connectivity index (χ3n) is 2.55. The van der Waals surface area contributed by atoms with Crippen molar-refractivity contribution in [1.82, 2.24) is 4.98 Å². The van der Waals surface area contributed by atoms with Gasteiger partial charge in [-0.15, -0.1) is 0 Å². The summed E-state index contributed by atoms with van der Waals surface area (Å²) in [6, 6.07) is 13.8. The third-order valence-corrected chi connectivity index (χ3v) is 2.55. The van der Waals surface area contributed by atoms with E-state index >= 15 is 0 Å².